The molecular formula is C23H38. The van der Waals surface area contributed by atoms with Crippen LogP contribution in [0.4, 0.5) is 0 Å². The molecule has 0 nitrogen and oxygen atoms in total. The maximum Gasteiger partial charge on any atom is -0.0348 e. The lowest BCUT2D eigenvalue weighted by Crippen LogP contribution is -1.81. The monoisotopic (exact) mass is 314 g/mol. The van der Waals surface area contributed by atoms with Gasteiger partial charge in [-0.2, -0.15) is 0 Å². The number of hydrogen-bond donors (Lipinski definition) is 0. The first-order valence-corrected chi connectivity index (χ1v) is 9.69. The van der Waals surface area contributed by atoms with Crippen LogP contribution in [0.15, 0.2) is 61.3 Å². The zero-order valence-electron chi connectivity index (χ0n) is 15.4. The molecule has 0 aliphatic rings. The minimum Gasteiger partial charge on any atom is -0.0991 e. The average Bonchev–Trinajstić information content (AvgIpc) is 2.57. The molecule has 0 atom stereocenters. The third kappa shape index (κ3) is 20.7. The fourth-order valence-corrected chi connectivity index (χ4v) is 2.50. The maximum atomic E-state index is 3.63. The second-order valence-electron chi connectivity index (χ2n) is 6.14. The van der Waals surface area contributed by atoms with Crippen molar-refractivity contribution in [2.75, 3.05) is 0 Å². The molecule has 0 spiro atoms. The highest BCUT2D eigenvalue weighted by molar-refractivity contribution is 5.17. The third-order valence-corrected chi connectivity index (χ3v) is 3.91. The van der Waals surface area contributed by atoms with E-state index in [9.17, 15) is 0 Å². The average molecular weight is 315 g/mol. The molecule has 0 aliphatic carbocycles. The lowest BCUT2D eigenvalue weighted by molar-refractivity contribution is 0.550. The molecule has 0 radical (unpaired) electrons. The van der Waals surface area contributed by atoms with Crippen molar-refractivity contribution in [1.29, 1.82) is 0 Å². The van der Waals surface area contributed by atoms with Crippen LogP contribution >= 0.6 is 0 Å². The van der Waals surface area contributed by atoms with E-state index in [0.29, 0.717) is 0 Å². The molecule has 0 saturated heterocycles. The molecule has 0 bridgehead atoms. The lowest BCUT2D eigenvalue weighted by Gasteiger charge is -2.01. The third-order valence-electron chi connectivity index (χ3n) is 3.91. The van der Waals surface area contributed by atoms with Crippen molar-refractivity contribution in [3.8, 4) is 0 Å². The van der Waals surface area contributed by atoms with E-state index in [2.05, 4.69) is 37.8 Å². The summed E-state index contributed by atoms with van der Waals surface area (Å²) in [6.07, 6.45) is 35.1. The van der Waals surface area contributed by atoms with Crippen molar-refractivity contribution in [1.82, 2.24) is 0 Å². The van der Waals surface area contributed by atoms with Crippen LogP contribution in [0.1, 0.15) is 84.0 Å². The van der Waals surface area contributed by atoms with Gasteiger partial charge in [-0.15, -0.1) is 0 Å². The van der Waals surface area contributed by atoms with Crippen LogP contribution in [0.5, 0.6) is 0 Å². The zero-order chi connectivity index (χ0) is 16.8. The molecule has 130 valence electrons. The summed E-state index contributed by atoms with van der Waals surface area (Å²) in [5.74, 6) is 0. The highest BCUT2D eigenvalue weighted by Gasteiger charge is 1.92. The summed E-state index contributed by atoms with van der Waals surface area (Å²) in [5, 5.41) is 0. The van der Waals surface area contributed by atoms with Crippen molar-refractivity contribution < 1.29 is 0 Å². The topological polar surface area (TPSA) is 0 Å². The Labute approximate surface area is 145 Å². The highest BCUT2D eigenvalue weighted by atomic mass is 14.0. The van der Waals surface area contributed by atoms with Crippen molar-refractivity contribution in [3.63, 3.8) is 0 Å². The van der Waals surface area contributed by atoms with Gasteiger partial charge in [0.15, 0.2) is 0 Å². The Kier molecular flexibility index (Phi) is 19.5. The lowest BCUT2D eigenvalue weighted by atomic mass is 10.1. The first kappa shape index (κ1) is 21.7. The molecule has 0 rings (SSSR count). The Morgan fingerprint density at radius 1 is 0.522 bits per heavy atom. The molecule has 0 heterocycles. The van der Waals surface area contributed by atoms with Gasteiger partial charge in [-0.05, 0) is 12.8 Å². The van der Waals surface area contributed by atoms with Crippen LogP contribution in [0, 0.1) is 0 Å². The molecule has 23 heavy (non-hydrogen) atoms. The van der Waals surface area contributed by atoms with Crippen LogP contribution in [0.2, 0.25) is 0 Å². The predicted molar refractivity (Wildman–Crippen MR) is 108 cm³/mol. The number of allylic oxidation sites excluding steroid dienone is 9. The van der Waals surface area contributed by atoms with Crippen LogP contribution in [-0.4, -0.2) is 0 Å². The van der Waals surface area contributed by atoms with E-state index >= 15 is 0 Å². The predicted octanol–water partition coefficient (Wildman–Crippen LogP) is 8.10. The van der Waals surface area contributed by atoms with E-state index in [0.717, 1.165) is 0 Å². The van der Waals surface area contributed by atoms with Gasteiger partial charge in [0.1, 0.15) is 0 Å². The summed E-state index contributed by atoms with van der Waals surface area (Å²) < 4.78 is 0. The number of rotatable bonds is 16. The van der Waals surface area contributed by atoms with Gasteiger partial charge in [0.25, 0.3) is 0 Å². The molecule has 0 aromatic carbocycles. The van der Waals surface area contributed by atoms with E-state index in [1.54, 1.807) is 6.08 Å². The van der Waals surface area contributed by atoms with Gasteiger partial charge >= 0.3 is 0 Å². The molecule has 0 N–H and O–H groups in total. The van der Waals surface area contributed by atoms with Crippen LogP contribution in [-0.2, 0) is 0 Å². The normalized spacial score (nSPS) is 12.4. The molecule has 0 fully saturated rings. The molecule has 0 unspecified atom stereocenters. The summed E-state index contributed by atoms with van der Waals surface area (Å²) >= 11 is 0. The van der Waals surface area contributed by atoms with E-state index in [1.807, 2.05) is 24.3 Å². The Morgan fingerprint density at radius 3 is 1.48 bits per heavy atom. The van der Waals surface area contributed by atoms with Gasteiger partial charge in [0, 0.05) is 0 Å². The smallest absolute Gasteiger partial charge is 0.0348 e. The Bertz CT molecular complexity index is 341. The standard InChI is InChI=1S/C23H38/c1-3-5-7-9-11-13-15-17-19-21-23-22-20-18-16-14-12-10-8-6-4-2/h3,5,7,9,11,13,15,17,19H,1,4,6,8,10,12,14,16,18,20-23H2,2H3/b7-5+,11-9+,15-13+,19-17+. The summed E-state index contributed by atoms with van der Waals surface area (Å²) in [6.45, 7) is 5.91. The van der Waals surface area contributed by atoms with Gasteiger partial charge in [-0.25, -0.2) is 0 Å². The van der Waals surface area contributed by atoms with E-state index < -0.39 is 0 Å². The van der Waals surface area contributed by atoms with Crippen molar-refractivity contribution in [2.24, 2.45) is 0 Å². The molecule has 0 aliphatic heterocycles. The Morgan fingerprint density at radius 2 is 0.957 bits per heavy atom. The molecule has 0 amide bonds. The zero-order valence-corrected chi connectivity index (χ0v) is 15.4. The number of hydrogen-bond acceptors (Lipinski definition) is 0. The van der Waals surface area contributed by atoms with Crippen molar-refractivity contribution >= 4 is 0 Å². The van der Waals surface area contributed by atoms with Crippen LogP contribution in [0.25, 0.3) is 0 Å². The van der Waals surface area contributed by atoms with E-state index in [-0.39, 0.29) is 0 Å². The minimum atomic E-state index is 1.21. The van der Waals surface area contributed by atoms with Crippen molar-refractivity contribution in [3.05, 3.63) is 61.3 Å². The Hall–Kier alpha value is -1.30. The van der Waals surface area contributed by atoms with Gasteiger partial charge in [0.2, 0.25) is 0 Å². The van der Waals surface area contributed by atoms with Gasteiger partial charge in [0.05, 0.1) is 0 Å². The SMILES string of the molecule is C=C/C=C/C=C/C=C/C=C/CCCCCCCCCCCCC. The first-order valence-electron chi connectivity index (χ1n) is 9.69. The van der Waals surface area contributed by atoms with Gasteiger partial charge < -0.3 is 0 Å². The second kappa shape index (κ2) is 20.7. The first-order chi connectivity index (χ1) is 11.4. The molecular weight excluding hydrogens is 276 g/mol. The summed E-state index contributed by atoms with van der Waals surface area (Å²) in [4.78, 5) is 0. The molecule has 0 aromatic heterocycles. The molecule has 0 heteroatoms. The molecule has 0 aromatic rings. The highest BCUT2D eigenvalue weighted by Crippen LogP contribution is 2.11. The van der Waals surface area contributed by atoms with E-state index in [4.69, 9.17) is 0 Å². The van der Waals surface area contributed by atoms with Crippen LogP contribution < -0.4 is 0 Å². The van der Waals surface area contributed by atoms with E-state index in [1.165, 1.54) is 77.0 Å². The van der Waals surface area contributed by atoms with Gasteiger partial charge in [-0.1, -0.05) is 132 Å². The fourth-order valence-electron chi connectivity index (χ4n) is 2.50. The van der Waals surface area contributed by atoms with Gasteiger partial charge in [-0.3, -0.25) is 0 Å². The largest absolute Gasteiger partial charge is 0.0991 e. The van der Waals surface area contributed by atoms with Crippen molar-refractivity contribution in [2.45, 2.75) is 84.0 Å². The summed E-state index contributed by atoms with van der Waals surface area (Å²) in [7, 11) is 0. The minimum absolute atomic E-state index is 1.21. The Balaban J connectivity index is 3.24. The summed E-state index contributed by atoms with van der Waals surface area (Å²) in [5.41, 5.74) is 0. The second-order valence-corrected chi connectivity index (χ2v) is 6.14. The summed E-state index contributed by atoms with van der Waals surface area (Å²) in [6, 6.07) is 0. The molecule has 0 saturated carbocycles. The number of unbranched alkanes of at least 4 members (excludes halogenated alkanes) is 11. The fraction of sp³-hybridized carbons (Fsp3) is 0.565. The maximum absolute atomic E-state index is 3.63. The van der Waals surface area contributed by atoms with Crippen LogP contribution in [0.3, 0.4) is 0 Å². The quantitative estimate of drug-likeness (QED) is 0.199.